The average molecular weight is 428 g/mol. The van der Waals surface area contributed by atoms with Crippen LogP contribution in [0.4, 0.5) is 13.2 Å². The highest BCUT2D eigenvalue weighted by atomic mass is 19.3. The van der Waals surface area contributed by atoms with E-state index in [1.165, 1.54) is 36.5 Å². The van der Waals surface area contributed by atoms with Crippen LogP contribution in [-0.2, 0) is 13.1 Å². The molecule has 4 aromatic rings. The topological polar surface area (TPSA) is 77.1 Å². The number of carbonyl (C=O) groups is 1. The Kier molecular flexibility index (Phi) is 5.45. The van der Waals surface area contributed by atoms with E-state index in [0.717, 1.165) is 15.8 Å². The van der Waals surface area contributed by atoms with Gasteiger partial charge in [-0.2, -0.15) is 10.2 Å². The molecule has 0 fully saturated rings. The van der Waals surface area contributed by atoms with Gasteiger partial charge in [0.15, 0.2) is 5.65 Å². The monoisotopic (exact) mass is 428 g/mol. The number of nitrogens with one attached hydrogen (secondary N) is 1. The third-order valence-electron chi connectivity index (χ3n) is 5.05. The lowest BCUT2D eigenvalue weighted by Gasteiger charge is -2.09. The summed E-state index contributed by atoms with van der Waals surface area (Å²) >= 11 is 0. The molecule has 7 nitrogen and oxygen atoms in total. The summed E-state index contributed by atoms with van der Waals surface area (Å²) in [5.41, 5.74) is 2.06. The maximum Gasteiger partial charge on any atom is 0.280 e. The molecule has 0 saturated heterocycles. The smallest absolute Gasteiger partial charge is 0.280 e. The predicted molar refractivity (Wildman–Crippen MR) is 107 cm³/mol. The van der Waals surface area contributed by atoms with Gasteiger partial charge in [-0.3, -0.25) is 9.48 Å². The predicted octanol–water partition coefficient (Wildman–Crippen LogP) is 3.93. The van der Waals surface area contributed by atoms with Gasteiger partial charge in [-0.05, 0) is 44.2 Å². The standard InChI is InChI=1S/C21H19F3N6O/c1-3-29-12(2)14(10-26-29)9-25-21(31)16-11-27-30-18(19(23)24)8-17(28-20(16)30)13-4-6-15(22)7-5-13/h4-8,10-11,19H,3,9H2,1-2H3,(H,25,31). The summed E-state index contributed by atoms with van der Waals surface area (Å²) in [6.07, 6.45) is 0.0398. The number of hydrogen-bond acceptors (Lipinski definition) is 4. The minimum absolute atomic E-state index is 0.00407. The number of hydrogen-bond donors (Lipinski definition) is 1. The fourth-order valence-electron chi connectivity index (χ4n) is 3.32. The second-order valence-corrected chi connectivity index (χ2v) is 6.92. The van der Waals surface area contributed by atoms with E-state index < -0.39 is 23.8 Å². The van der Waals surface area contributed by atoms with Crippen LogP contribution in [0.1, 0.15) is 40.7 Å². The number of amides is 1. The zero-order valence-corrected chi connectivity index (χ0v) is 16.8. The first-order valence-electron chi connectivity index (χ1n) is 9.61. The lowest BCUT2D eigenvalue weighted by molar-refractivity contribution is 0.0952. The third kappa shape index (κ3) is 3.88. The molecule has 0 spiro atoms. The van der Waals surface area contributed by atoms with Crippen LogP contribution in [0, 0.1) is 12.7 Å². The van der Waals surface area contributed by atoms with E-state index >= 15 is 0 Å². The molecule has 0 aliphatic carbocycles. The van der Waals surface area contributed by atoms with Crippen molar-refractivity contribution in [3.05, 3.63) is 71.1 Å². The zero-order valence-electron chi connectivity index (χ0n) is 16.8. The van der Waals surface area contributed by atoms with Gasteiger partial charge in [-0.15, -0.1) is 0 Å². The Morgan fingerprint density at radius 1 is 1.16 bits per heavy atom. The van der Waals surface area contributed by atoms with E-state index in [2.05, 4.69) is 20.5 Å². The van der Waals surface area contributed by atoms with Crippen molar-refractivity contribution in [2.24, 2.45) is 0 Å². The molecule has 0 aliphatic heterocycles. The molecule has 10 heteroatoms. The highest BCUT2D eigenvalue weighted by Crippen LogP contribution is 2.27. The van der Waals surface area contributed by atoms with Crippen molar-refractivity contribution in [1.29, 1.82) is 0 Å². The second kappa shape index (κ2) is 8.21. The summed E-state index contributed by atoms with van der Waals surface area (Å²) in [6.45, 7) is 4.80. The maximum absolute atomic E-state index is 13.7. The number of aromatic nitrogens is 5. The molecule has 160 valence electrons. The number of nitrogens with zero attached hydrogens (tertiary/aromatic N) is 5. The van der Waals surface area contributed by atoms with Crippen LogP contribution >= 0.6 is 0 Å². The summed E-state index contributed by atoms with van der Waals surface area (Å²) in [5, 5.41) is 10.9. The largest absolute Gasteiger partial charge is 0.348 e. The average Bonchev–Trinajstić information content (AvgIpc) is 3.35. The number of rotatable bonds is 6. The molecule has 0 saturated carbocycles. The Morgan fingerprint density at radius 2 is 1.90 bits per heavy atom. The zero-order chi connectivity index (χ0) is 22.1. The molecule has 0 radical (unpaired) electrons. The normalized spacial score (nSPS) is 11.4. The Labute approximate surface area is 175 Å². The Balaban J connectivity index is 1.69. The van der Waals surface area contributed by atoms with Crippen LogP contribution in [0.5, 0.6) is 0 Å². The molecule has 3 aromatic heterocycles. The number of halogens is 3. The summed E-state index contributed by atoms with van der Waals surface area (Å²) in [4.78, 5) is 17.1. The van der Waals surface area contributed by atoms with Crippen molar-refractivity contribution in [2.75, 3.05) is 0 Å². The van der Waals surface area contributed by atoms with Gasteiger partial charge in [0.25, 0.3) is 12.3 Å². The first-order chi connectivity index (χ1) is 14.9. The lowest BCUT2D eigenvalue weighted by atomic mass is 10.1. The minimum Gasteiger partial charge on any atom is -0.348 e. The van der Waals surface area contributed by atoms with Gasteiger partial charge in [-0.25, -0.2) is 22.7 Å². The number of carbonyl (C=O) groups excluding carboxylic acids is 1. The van der Waals surface area contributed by atoms with Gasteiger partial charge in [0.1, 0.15) is 17.1 Å². The van der Waals surface area contributed by atoms with Crippen molar-refractivity contribution >= 4 is 11.6 Å². The number of fused-ring (bicyclic) bond motifs is 1. The molecule has 0 atom stereocenters. The van der Waals surface area contributed by atoms with Gasteiger partial charge in [0, 0.05) is 29.9 Å². The van der Waals surface area contributed by atoms with E-state index in [1.54, 1.807) is 6.20 Å². The van der Waals surface area contributed by atoms with E-state index in [0.29, 0.717) is 12.1 Å². The summed E-state index contributed by atoms with van der Waals surface area (Å²) in [5.74, 6) is -0.951. The Morgan fingerprint density at radius 3 is 2.55 bits per heavy atom. The number of alkyl halides is 2. The molecule has 0 unspecified atom stereocenters. The van der Waals surface area contributed by atoms with E-state index in [1.807, 2.05) is 18.5 Å². The summed E-state index contributed by atoms with van der Waals surface area (Å²) in [6, 6.07) is 6.49. The molecule has 4 rings (SSSR count). The first-order valence-corrected chi connectivity index (χ1v) is 9.61. The third-order valence-corrected chi connectivity index (χ3v) is 5.05. The van der Waals surface area contributed by atoms with E-state index in [9.17, 15) is 18.0 Å². The molecule has 0 bridgehead atoms. The maximum atomic E-state index is 13.7. The van der Waals surface area contributed by atoms with Gasteiger partial charge in [-0.1, -0.05) is 0 Å². The van der Waals surface area contributed by atoms with Crippen LogP contribution < -0.4 is 5.32 Å². The summed E-state index contributed by atoms with van der Waals surface area (Å²) in [7, 11) is 0. The SMILES string of the molecule is CCn1ncc(CNC(=O)c2cnn3c(C(F)F)cc(-c4ccc(F)cc4)nc23)c1C. The molecule has 31 heavy (non-hydrogen) atoms. The fourth-order valence-corrected chi connectivity index (χ4v) is 3.32. The van der Waals surface area contributed by atoms with Crippen molar-refractivity contribution in [2.45, 2.75) is 33.4 Å². The Hall–Kier alpha value is -3.69. The van der Waals surface area contributed by atoms with Crippen LogP contribution in [-0.4, -0.2) is 30.3 Å². The molecular weight excluding hydrogens is 409 g/mol. The van der Waals surface area contributed by atoms with Gasteiger partial charge < -0.3 is 5.32 Å². The molecular formula is C21H19F3N6O. The highest BCUT2D eigenvalue weighted by molar-refractivity contribution is 5.99. The van der Waals surface area contributed by atoms with Crippen molar-refractivity contribution < 1.29 is 18.0 Å². The van der Waals surface area contributed by atoms with E-state index in [-0.39, 0.29) is 23.4 Å². The van der Waals surface area contributed by atoms with Gasteiger partial charge in [0.2, 0.25) is 0 Å². The molecule has 3 heterocycles. The molecule has 1 N–H and O–H groups in total. The van der Waals surface area contributed by atoms with Crippen LogP contribution in [0.15, 0.2) is 42.7 Å². The second-order valence-electron chi connectivity index (χ2n) is 6.92. The quantitative estimate of drug-likeness (QED) is 0.505. The Bertz CT molecular complexity index is 1250. The summed E-state index contributed by atoms with van der Waals surface area (Å²) < 4.78 is 43.3. The van der Waals surface area contributed by atoms with Crippen LogP contribution in [0.3, 0.4) is 0 Å². The lowest BCUT2D eigenvalue weighted by Crippen LogP contribution is -2.23. The first kappa shape index (κ1) is 20.6. The van der Waals surface area contributed by atoms with Crippen molar-refractivity contribution in [3.8, 4) is 11.3 Å². The molecule has 1 aromatic carbocycles. The van der Waals surface area contributed by atoms with Crippen molar-refractivity contribution in [3.63, 3.8) is 0 Å². The fraction of sp³-hybridized carbons (Fsp3) is 0.238. The minimum atomic E-state index is -2.84. The molecule has 0 aliphatic rings. The van der Waals surface area contributed by atoms with Crippen LogP contribution in [0.25, 0.3) is 16.9 Å². The van der Waals surface area contributed by atoms with Gasteiger partial charge >= 0.3 is 0 Å². The van der Waals surface area contributed by atoms with Crippen molar-refractivity contribution in [1.82, 2.24) is 29.7 Å². The van der Waals surface area contributed by atoms with Gasteiger partial charge in [0.05, 0.1) is 18.1 Å². The molecule has 1 amide bonds. The van der Waals surface area contributed by atoms with Crippen LogP contribution in [0.2, 0.25) is 0 Å². The number of aryl methyl sites for hydroxylation is 1. The highest BCUT2D eigenvalue weighted by Gasteiger charge is 2.22. The number of benzene rings is 1. The van der Waals surface area contributed by atoms with E-state index in [4.69, 9.17) is 0 Å².